The number of aromatic hydroxyl groups is 2. The van der Waals surface area contributed by atoms with Crippen molar-refractivity contribution in [3.8, 4) is 34.4 Å². The summed E-state index contributed by atoms with van der Waals surface area (Å²) in [5.74, 6) is -0.838. The van der Waals surface area contributed by atoms with Crippen molar-refractivity contribution in [2.45, 2.75) is 19.6 Å². The third kappa shape index (κ3) is 13.2. The number of hydrogen-bond acceptors (Lipinski definition) is 23. The van der Waals surface area contributed by atoms with E-state index in [-0.39, 0.29) is 173 Å². The van der Waals surface area contributed by atoms with Crippen molar-refractivity contribution >= 4 is 88.6 Å². The number of hydrogen-bond donors (Lipinski definition) is 2. The van der Waals surface area contributed by atoms with Crippen LogP contribution in [0.4, 0.5) is 22.7 Å². The Morgan fingerprint density at radius 2 is 1.11 bits per heavy atom. The molecule has 0 bridgehead atoms. The number of aromatic nitrogens is 2. The maximum Gasteiger partial charge on any atom is 1.00 e. The number of fused-ring (bicyclic) bond motifs is 2. The number of nitrogens with zero attached hydrogens (tertiary/aromatic N) is 6. The molecule has 0 unspecified atom stereocenters. The van der Waals surface area contributed by atoms with Crippen molar-refractivity contribution in [2.24, 2.45) is 20.5 Å². The largest absolute Gasteiger partial charge is 1.00 e. The average Bonchev–Trinajstić information content (AvgIpc) is 4.04. The first kappa shape index (κ1) is 57.2. The van der Waals surface area contributed by atoms with E-state index < -0.39 is 47.2 Å². The summed E-state index contributed by atoms with van der Waals surface area (Å²) in [6, 6.07) is 18.8. The molecule has 0 aliphatic rings. The van der Waals surface area contributed by atoms with Crippen LogP contribution in [0, 0.1) is 0 Å². The maximum atomic E-state index is 12.2. The minimum Gasteiger partial charge on any atom is -0.744 e. The fourth-order valence-corrected chi connectivity index (χ4v) is 7.77. The maximum absolute atomic E-state index is 12.2. The Kier molecular flexibility index (Phi) is 21.5. The number of rotatable bonds is 16. The molecule has 6 aromatic carbocycles. The van der Waals surface area contributed by atoms with E-state index in [9.17, 15) is 46.7 Å². The Hall–Kier alpha value is -2.08. The van der Waals surface area contributed by atoms with E-state index in [0.29, 0.717) is 40.4 Å². The van der Waals surface area contributed by atoms with Crippen LogP contribution in [0.25, 0.3) is 32.9 Å². The number of phenols is 2. The van der Waals surface area contributed by atoms with Gasteiger partial charge in [-0.05, 0) is 83.6 Å². The van der Waals surface area contributed by atoms with Crippen LogP contribution >= 0.6 is 24.1 Å². The molecule has 1 heterocycles. The Bertz CT molecular complexity index is 3110. The van der Waals surface area contributed by atoms with Gasteiger partial charge in [-0.2, -0.15) is 8.67 Å². The fraction of sp³-hybridized carbons (Fsp3) is 0.0588. The molecule has 318 valence electrons. The van der Waals surface area contributed by atoms with Gasteiger partial charge in [0.1, 0.15) is 65.9 Å². The zero-order valence-electron chi connectivity index (χ0n) is 34.4. The van der Waals surface area contributed by atoms with E-state index >= 15 is 0 Å². The predicted octanol–water partition coefficient (Wildman–Crippen LogP) is -6.29. The molecule has 2 N–H and O–H groups in total. The molecular formula is C34H22N6Na4O17S4. The molecule has 7 aromatic rings. The van der Waals surface area contributed by atoms with Crippen molar-refractivity contribution in [1.29, 1.82) is 0 Å². The molecule has 7 rings (SSSR count). The van der Waals surface area contributed by atoms with Gasteiger partial charge in [0.15, 0.2) is 11.5 Å². The molecule has 0 saturated carbocycles. The molecule has 0 atom stereocenters. The van der Waals surface area contributed by atoms with Crippen LogP contribution in [0.15, 0.2) is 130 Å². The van der Waals surface area contributed by atoms with Crippen LogP contribution in [0.3, 0.4) is 0 Å². The second kappa shape index (κ2) is 24.5. The Balaban J connectivity index is 0.00000281. The Morgan fingerprint density at radius 1 is 0.600 bits per heavy atom. The third-order valence-corrected chi connectivity index (χ3v) is 11.4. The quantitative estimate of drug-likeness (QED) is 0.0227. The SMILES string of the molecule is COc1cc(-n2on2-c2ccc(N=Nc3c(S(=O)(=O)[O-])cc4cc(SOO[O-])ccc4c3O)c(OC)c2)ccc1N=Nc1c(SOO[O-])cc2cc(S(=O)(=O)[O-])ccc2c1O.[Na+].[Na+].[Na+].[Na+]. The molecule has 23 nitrogen and oxygen atoms in total. The second-order valence-corrected chi connectivity index (χ2v) is 16.2. The van der Waals surface area contributed by atoms with Crippen LogP contribution in [0.2, 0.25) is 0 Å². The van der Waals surface area contributed by atoms with Gasteiger partial charge >= 0.3 is 118 Å². The van der Waals surface area contributed by atoms with E-state index in [4.69, 9.17) is 14.1 Å². The van der Waals surface area contributed by atoms with Crippen molar-refractivity contribution in [2.75, 3.05) is 14.2 Å². The Labute approximate surface area is 463 Å². The summed E-state index contributed by atoms with van der Waals surface area (Å²) < 4.78 is 96.5. The van der Waals surface area contributed by atoms with Crippen LogP contribution < -0.4 is 138 Å². The zero-order valence-corrected chi connectivity index (χ0v) is 45.7. The fourth-order valence-electron chi connectivity index (χ4n) is 5.72. The van der Waals surface area contributed by atoms with Gasteiger partial charge in [0.05, 0.1) is 53.0 Å². The summed E-state index contributed by atoms with van der Waals surface area (Å²) in [6.45, 7) is 0. The summed E-state index contributed by atoms with van der Waals surface area (Å²) in [4.78, 5) is 1.53. The molecule has 0 radical (unpaired) electrons. The molecule has 0 fully saturated rings. The molecule has 0 aliphatic heterocycles. The van der Waals surface area contributed by atoms with Gasteiger partial charge in [-0.3, -0.25) is 10.1 Å². The first-order valence-electron chi connectivity index (χ1n) is 16.4. The number of azo groups is 2. The van der Waals surface area contributed by atoms with E-state index in [1.54, 1.807) is 12.1 Å². The molecule has 0 saturated heterocycles. The molecule has 0 spiro atoms. The van der Waals surface area contributed by atoms with Gasteiger partial charge in [-0.15, -0.1) is 20.5 Å². The van der Waals surface area contributed by atoms with E-state index in [1.807, 2.05) is 0 Å². The van der Waals surface area contributed by atoms with E-state index in [2.05, 4.69) is 39.2 Å². The van der Waals surface area contributed by atoms with Crippen molar-refractivity contribution in [1.82, 2.24) is 9.71 Å². The minimum atomic E-state index is -5.19. The van der Waals surface area contributed by atoms with Gasteiger partial charge in [0.25, 0.3) is 0 Å². The van der Waals surface area contributed by atoms with Crippen LogP contribution in [-0.4, -0.2) is 60.1 Å². The standard InChI is InChI=1S/C34H26N6O17S4.4Na/c1-51-27-15-19(3-9-25(27)35-37-31-29(59-57-55-44)13-18-12-22(60(45,46)47)6-8-24(18)33(31)41)39-40(53-39)20-4-10-26(28(16-20)52-2)36-38-32-30(61(48,49)50)14-17-11-21(58-56-54-43)5-7-23(17)34(32)42;;;;/h3-16,41-44H,1-2H3,(H,45,46,47)(H,48,49,50);;;;/q;4*+1/p-4. The zero-order chi connectivity index (χ0) is 43.6. The molecule has 65 heavy (non-hydrogen) atoms. The topological polar surface area (TPSA) is 329 Å². The van der Waals surface area contributed by atoms with Crippen LogP contribution in [-0.2, 0) is 39.0 Å². The first-order valence-corrected chi connectivity index (χ1v) is 20.7. The molecular weight excluding hydrogens is 985 g/mol. The molecule has 1 aromatic heterocycles. The monoisotopic (exact) mass is 1010 g/mol. The first-order chi connectivity index (χ1) is 29.1. The molecule has 31 heteroatoms. The second-order valence-electron chi connectivity index (χ2n) is 12.0. The molecule has 0 amide bonds. The summed E-state index contributed by atoms with van der Waals surface area (Å²) in [6.07, 6.45) is 0. The van der Waals surface area contributed by atoms with Gasteiger partial charge in [0.2, 0.25) is 0 Å². The number of phenolic OH excluding ortho intramolecular Hbond substituents is 2. The van der Waals surface area contributed by atoms with Gasteiger partial charge in [-0.25, -0.2) is 21.5 Å². The third-order valence-electron chi connectivity index (χ3n) is 8.49. The molecule has 0 aliphatic carbocycles. The number of methoxy groups -OCH3 is 2. The smallest absolute Gasteiger partial charge is 0.744 e. The summed E-state index contributed by atoms with van der Waals surface area (Å²) in [5, 5.41) is 66.2. The van der Waals surface area contributed by atoms with Crippen molar-refractivity contribution < 1.29 is 198 Å². The number of benzene rings is 6. The van der Waals surface area contributed by atoms with Crippen LogP contribution in [0.5, 0.6) is 23.0 Å². The normalized spacial score (nSPS) is 11.7. The van der Waals surface area contributed by atoms with Crippen molar-refractivity contribution in [3.63, 3.8) is 0 Å². The minimum absolute atomic E-state index is 0. The van der Waals surface area contributed by atoms with E-state index in [0.717, 1.165) is 18.2 Å². The van der Waals surface area contributed by atoms with Gasteiger partial charge in [-0.1, -0.05) is 9.71 Å². The predicted molar refractivity (Wildman–Crippen MR) is 202 cm³/mol. The Morgan fingerprint density at radius 3 is 1.63 bits per heavy atom. The summed E-state index contributed by atoms with van der Waals surface area (Å²) in [7, 11) is -7.33. The summed E-state index contributed by atoms with van der Waals surface area (Å²) in [5.41, 5.74) is 0.249. The van der Waals surface area contributed by atoms with Gasteiger partial charge in [0, 0.05) is 27.8 Å². The average molecular weight is 1010 g/mol. The number of ether oxygens (including phenoxy) is 2. The van der Waals surface area contributed by atoms with Crippen molar-refractivity contribution in [3.05, 3.63) is 84.9 Å². The van der Waals surface area contributed by atoms with E-state index in [1.165, 1.54) is 78.5 Å². The van der Waals surface area contributed by atoms with Crippen LogP contribution in [0.1, 0.15) is 0 Å². The van der Waals surface area contributed by atoms with Gasteiger partial charge < -0.3 is 39.3 Å². The summed E-state index contributed by atoms with van der Waals surface area (Å²) >= 11 is 0.860.